The van der Waals surface area contributed by atoms with Crippen LogP contribution >= 0.6 is 0 Å². The largest absolute Gasteiger partial charge is 0.350 e. The lowest BCUT2D eigenvalue weighted by Gasteiger charge is -2.07. The van der Waals surface area contributed by atoms with Crippen molar-refractivity contribution in [1.82, 2.24) is 15.1 Å². The highest BCUT2D eigenvalue weighted by Gasteiger charge is 2.23. The van der Waals surface area contributed by atoms with E-state index in [0.717, 1.165) is 0 Å². The fraction of sp³-hybridized carbons (Fsp3) is 0.167. The summed E-state index contributed by atoms with van der Waals surface area (Å²) in [7, 11) is 0. The minimum absolute atomic E-state index is 0.115. The summed E-state index contributed by atoms with van der Waals surface area (Å²) < 4.78 is 28.5. The normalized spacial score (nSPS) is 10.4. The molecule has 0 aliphatic rings. The van der Waals surface area contributed by atoms with Gasteiger partial charge in [-0.15, -0.1) is 0 Å². The van der Waals surface area contributed by atoms with Gasteiger partial charge in [0.15, 0.2) is 0 Å². The van der Waals surface area contributed by atoms with Crippen LogP contribution in [0.1, 0.15) is 10.4 Å². The van der Waals surface area contributed by atoms with Gasteiger partial charge < -0.3 is 5.32 Å². The zero-order valence-electron chi connectivity index (χ0n) is 10.6. The van der Waals surface area contributed by atoms with Crippen LogP contribution in [0.4, 0.5) is 14.5 Å². The first-order valence-corrected chi connectivity index (χ1v) is 5.88. The first kappa shape index (κ1) is 14.6. The summed E-state index contributed by atoms with van der Waals surface area (Å²) in [6.45, 7) is 0.446. The molecule has 0 fully saturated rings. The molecule has 0 aliphatic carbocycles. The van der Waals surface area contributed by atoms with Crippen LogP contribution in [0.15, 0.2) is 30.6 Å². The van der Waals surface area contributed by atoms with Gasteiger partial charge in [-0.25, -0.2) is 4.39 Å². The highest BCUT2D eigenvalue weighted by atomic mass is 19.1. The standard InChI is InChI=1S/C12H10F2N4O3/c13-8-6-9(11(14)10(7-8)18(20)21)12(19)15-3-5-17-4-1-2-16-17/h1-2,4,6-7H,3,5H2,(H,15,19). The molecule has 1 amide bonds. The van der Waals surface area contributed by atoms with Crippen molar-refractivity contribution in [3.63, 3.8) is 0 Å². The van der Waals surface area contributed by atoms with Crippen molar-refractivity contribution in [1.29, 1.82) is 0 Å². The molecule has 21 heavy (non-hydrogen) atoms. The Hall–Kier alpha value is -2.84. The van der Waals surface area contributed by atoms with Crippen LogP contribution in [-0.2, 0) is 6.54 Å². The molecule has 1 N–H and O–H groups in total. The second-order valence-electron chi connectivity index (χ2n) is 4.07. The Labute approximate surface area is 117 Å². The molecule has 7 nitrogen and oxygen atoms in total. The molecule has 1 aromatic carbocycles. The molecule has 0 saturated heterocycles. The van der Waals surface area contributed by atoms with Crippen LogP contribution in [0, 0.1) is 21.7 Å². The van der Waals surface area contributed by atoms with E-state index in [0.29, 0.717) is 18.7 Å². The highest BCUT2D eigenvalue weighted by Crippen LogP contribution is 2.22. The molecule has 0 aliphatic heterocycles. The number of rotatable bonds is 5. The fourth-order valence-electron chi connectivity index (χ4n) is 1.68. The van der Waals surface area contributed by atoms with Crippen molar-refractivity contribution in [2.75, 3.05) is 6.54 Å². The summed E-state index contributed by atoms with van der Waals surface area (Å²) in [5.41, 5.74) is -1.78. The quantitative estimate of drug-likeness (QED) is 0.668. The number of halogens is 2. The van der Waals surface area contributed by atoms with Gasteiger partial charge in [-0.2, -0.15) is 9.49 Å². The summed E-state index contributed by atoms with van der Waals surface area (Å²) >= 11 is 0. The zero-order valence-corrected chi connectivity index (χ0v) is 10.6. The van der Waals surface area contributed by atoms with E-state index in [2.05, 4.69) is 10.4 Å². The average molecular weight is 296 g/mol. The van der Waals surface area contributed by atoms with Gasteiger partial charge in [0.1, 0.15) is 5.82 Å². The Morgan fingerprint density at radius 2 is 2.19 bits per heavy atom. The van der Waals surface area contributed by atoms with E-state index in [1.165, 1.54) is 4.68 Å². The van der Waals surface area contributed by atoms with Gasteiger partial charge >= 0.3 is 5.69 Å². The molecule has 110 valence electrons. The Morgan fingerprint density at radius 1 is 1.43 bits per heavy atom. The summed E-state index contributed by atoms with van der Waals surface area (Å²) in [6, 6.07) is 2.73. The molecule has 2 rings (SSSR count). The third kappa shape index (κ3) is 3.38. The summed E-state index contributed by atoms with van der Waals surface area (Å²) in [4.78, 5) is 21.2. The Balaban J connectivity index is 2.10. The van der Waals surface area contributed by atoms with Crippen molar-refractivity contribution in [2.24, 2.45) is 0 Å². The predicted octanol–water partition coefficient (Wildman–Crippen LogP) is 1.50. The minimum Gasteiger partial charge on any atom is -0.350 e. The lowest BCUT2D eigenvalue weighted by molar-refractivity contribution is -0.387. The molecule has 1 aromatic heterocycles. The lowest BCUT2D eigenvalue weighted by atomic mass is 10.1. The van der Waals surface area contributed by atoms with E-state index >= 15 is 0 Å². The van der Waals surface area contributed by atoms with E-state index < -0.39 is 33.7 Å². The van der Waals surface area contributed by atoms with Crippen LogP contribution < -0.4 is 5.32 Å². The topological polar surface area (TPSA) is 90.1 Å². The number of carbonyl (C=O) groups is 1. The van der Waals surface area contributed by atoms with Gasteiger partial charge in [0.2, 0.25) is 5.82 Å². The molecule has 1 heterocycles. The SMILES string of the molecule is O=C(NCCn1cccn1)c1cc(F)cc([N+](=O)[O-])c1F. The van der Waals surface area contributed by atoms with Gasteiger partial charge in [0.05, 0.1) is 23.1 Å². The van der Waals surface area contributed by atoms with Gasteiger partial charge in [-0.05, 0) is 12.1 Å². The van der Waals surface area contributed by atoms with Crippen molar-refractivity contribution in [3.05, 3.63) is 57.9 Å². The van der Waals surface area contributed by atoms with Crippen LogP contribution in [0.3, 0.4) is 0 Å². The third-order valence-electron chi connectivity index (χ3n) is 2.65. The minimum atomic E-state index is -1.36. The molecule has 0 bridgehead atoms. The third-order valence-corrected chi connectivity index (χ3v) is 2.65. The number of hydrogen-bond donors (Lipinski definition) is 1. The van der Waals surface area contributed by atoms with Crippen LogP contribution in [-0.4, -0.2) is 27.2 Å². The number of nitro groups is 1. The molecule has 0 atom stereocenters. The number of nitro benzene ring substituents is 1. The van der Waals surface area contributed by atoms with Gasteiger partial charge in [-0.1, -0.05) is 0 Å². The van der Waals surface area contributed by atoms with E-state index in [-0.39, 0.29) is 6.54 Å². The first-order valence-electron chi connectivity index (χ1n) is 5.88. The molecule has 0 spiro atoms. The lowest BCUT2D eigenvalue weighted by Crippen LogP contribution is -2.28. The maximum atomic E-state index is 13.8. The molecule has 0 saturated carbocycles. The Morgan fingerprint density at radius 3 is 2.81 bits per heavy atom. The van der Waals surface area contributed by atoms with Gasteiger partial charge in [-0.3, -0.25) is 19.6 Å². The molecule has 2 aromatic rings. The van der Waals surface area contributed by atoms with E-state index in [1.807, 2.05) is 0 Å². The number of hydrogen-bond acceptors (Lipinski definition) is 4. The summed E-state index contributed by atoms with van der Waals surface area (Å²) in [5.74, 6) is -3.35. The smallest absolute Gasteiger partial charge is 0.308 e. The number of carbonyl (C=O) groups excluding carboxylic acids is 1. The number of amides is 1. The first-order chi connectivity index (χ1) is 9.99. The maximum absolute atomic E-state index is 13.8. The highest BCUT2D eigenvalue weighted by molar-refractivity contribution is 5.95. The maximum Gasteiger partial charge on any atom is 0.308 e. The fourth-order valence-corrected chi connectivity index (χ4v) is 1.68. The van der Waals surface area contributed by atoms with Crippen LogP contribution in [0.2, 0.25) is 0 Å². The monoisotopic (exact) mass is 296 g/mol. The van der Waals surface area contributed by atoms with Crippen molar-refractivity contribution >= 4 is 11.6 Å². The van der Waals surface area contributed by atoms with E-state index in [1.54, 1.807) is 18.5 Å². The second kappa shape index (κ2) is 6.07. The van der Waals surface area contributed by atoms with Gasteiger partial charge in [0.25, 0.3) is 5.91 Å². The summed E-state index contributed by atoms with van der Waals surface area (Å²) in [6.07, 6.45) is 3.22. The molecular formula is C12H10F2N4O3. The molecular weight excluding hydrogens is 286 g/mol. The number of aromatic nitrogens is 2. The van der Waals surface area contributed by atoms with Crippen molar-refractivity contribution in [3.8, 4) is 0 Å². The van der Waals surface area contributed by atoms with E-state index in [9.17, 15) is 23.7 Å². The second-order valence-corrected chi connectivity index (χ2v) is 4.07. The average Bonchev–Trinajstić information content (AvgIpc) is 2.93. The Kier molecular flexibility index (Phi) is 4.21. The van der Waals surface area contributed by atoms with Crippen LogP contribution in [0.5, 0.6) is 0 Å². The number of nitrogens with one attached hydrogen (secondary N) is 1. The summed E-state index contributed by atoms with van der Waals surface area (Å²) in [5, 5.41) is 16.8. The molecule has 9 heteroatoms. The number of nitrogens with zero attached hydrogens (tertiary/aromatic N) is 3. The Bertz CT molecular complexity index is 673. The van der Waals surface area contributed by atoms with Crippen molar-refractivity contribution in [2.45, 2.75) is 6.54 Å². The van der Waals surface area contributed by atoms with Crippen molar-refractivity contribution < 1.29 is 18.5 Å². The van der Waals surface area contributed by atoms with E-state index in [4.69, 9.17) is 0 Å². The molecule has 0 unspecified atom stereocenters. The number of benzene rings is 1. The van der Waals surface area contributed by atoms with Crippen LogP contribution in [0.25, 0.3) is 0 Å². The van der Waals surface area contributed by atoms with Gasteiger partial charge in [0, 0.05) is 18.9 Å². The molecule has 0 radical (unpaired) electrons. The predicted molar refractivity (Wildman–Crippen MR) is 67.6 cm³/mol. The zero-order chi connectivity index (χ0) is 15.4.